The summed E-state index contributed by atoms with van der Waals surface area (Å²) in [4.78, 5) is 23.0. The Labute approximate surface area is 136 Å². The summed E-state index contributed by atoms with van der Waals surface area (Å²) in [5.74, 6) is -0.527. The van der Waals surface area contributed by atoms with E-state index in [-0.39, 0.29) is 30.3 Å². The molecule has 0 aliphatic heterocycles. The maximum absolute atomic E-state index is 12.2. The second-order valence-corrected chi connectivity index (χ2v) is 5.88. The molecular weight excluding hydrogens is 306 g/mol. The number of hydrogen-bond acceptors (Lipinski definition) is 4. The van der Waals surface area contributed by atoms with Gasteiger partial charge in [0.1, 0.15) is 6.54 Å². The fourth-order valence-corrected chi connectivity index (χ4v) is 2.97. The number of anilines is 1. The number of amides is 2. The van der Waals surface area contributed by atoms with Crippen LogP contribution in [0.15, 0.2) is 12.4 Å². The molecule has 8 heteroatoms. The van der Waals surface area contributed by atoms with Crippen LogP contribution in [0.3, 0.4) is 0 Å². The molecule has 22 heavy (non-hydrogen) atoms. The van der Waals surface area contributed by atoms with E-state index in [0.717, 1.165) is 25.7 Å². The molecule has 1 saturated carbocycles. The van der Waals surface area contributed by atoms with E-state index in [1.807, 2.05) is 0 Å². The third kappa shape index (κ3) is 4.99. The minimum atomic E-state index is -0.472. The largest absolute Gasteiger partial charge is 0.368 e. The fraction of sp³-hybridized carbons (Fsp3) is 0.643. The molecular formula is C14H24ClN5O2. The average Bonchev–Trinajstić information content (AvgIpc) is 2.85. The zero-order chi connectivity index (χ0) is 15.3. The fourth-order valence-electron chi connectivity index (χ4n) is 2.97. The smallest absolute Gasteiger partial charge is 0.239 e. The number of nitrogens with zero attached hydrogens (tertiary/aromatic N) is 2. The second kappa shape index (κ2) is 8.14. The van der Waals surface area contributed by atoms with E-state index in [2.05, 4.69) is 10.4 Å². The summed E-state index contributed by atoms with van der Waals surface area (Å²) >= 11 is 0. The Morgan fingerprint density at radius 3 is 2.59 bits per heavy atom. The predicted molar refractivity (Wildman–Crippen MR) is 86.5 cm³/mol. The van der Waals surface area contributed by atoms with Gasteiger partial charge in [-0.2, -0.15) is 5.10 Å². The van der Waals surface area contributed by atoms with Crippen molar-refractivity contribution in [2.75, 3.05) is 11.9 Å². The molecule has 2 rings (SSSR count). The van der Waals surface area contributed by atoms with Gasteiger partial charge in [-0.1, -0.05) is 19.3 Å². The molecule has 0 radical (unpaired) electrons. The molecule has 1 fully saturated rings. The highest BCUT2D eigenvalue weighted by Crippen LogP contribution is 2.38. The SMILES string of the molecule is Cl.NCC1(CC(=O)Nc2cnn(CC(N)=O)c2)CCCCC1. The molecule has 7 nitrogen and oxygen atoms in total. The molecule has 5 N–H and O–H groups in total. The van der Waals surface area contributed by atoms with Gasteiger partial charge in [-0.05, 0) is 24.8 Å². The van der Waals surface area contributed by atoms with Crippen LogP contribution < -0.4 is 16.8 Å². The molecule has 2 amide bonds. The van der Waals surface area contributed by atoms with Crippen LogP contribution in [-0.2, 0) is 16.1 Å². The maximum atomic E-state index is 12.2. The highest BCUT2D eigenvalue weighted by molar-refractivity contribution is 5.91. The first-order chi connectivity index (χ1) is 10.0. The normalized spacial score (nSPS) is 16.6. The molecule has 0 unspecified atom stereocenters. The second-order valence-electron chi connectivity index (χ2n) is 5.88. The summed E-state index contributed by atoms with van der Waals surface area (Å²) in [5.41, 5.74) is 11.5. The van der Waals surface area contributed by atoms with Gasteiger partial charge in [-0.25, -0.2) is 0 Å². The van der Waals surface area contributed by atoms with Gasteiger partial charge in [0.2, 0.25) is 11.8 Å². The van der Waals surface area contributed by atoms with Crippen molar-refractivity contribution >= 4 is 29.9 Å². The molecule has 1 aliphatic carbocycles. The highest BCUT2D eigenvalue weighted by Gasteiger charge is 2.33. The minimum Gasteiger partial charge on any atom is -0.368 e. The molecule has 0 aromatic carbocycles. The van der Waals surface area contributed by atoms with Crippen molar-refractivity contribution in [1.29, 1.82) is 0 Å². The summed E-state index contributed by atoms with van der Waals surface area (Å²) in [5, 5.41) is 6.78. The van der Waals surface area contributed by atoms with Crippen LogP contribution in [0.25, 0.3) is 0 Å². The molecule has 0 spiro atoms. The van der Waals surface area contributed by atoms with Crippen LogP contribution in [-0.4, -0.2) is 28.1 Å². The lowest BCUT2D eigenvalue weighted by Crippen LogP contribution is -2.36. The van der Waals surface area contributed by atoms with Crippen molar-refractivity contribution in [3.8, 4) is 0 Å². The molecule has 1 aromatic heterocycles. The third-order valence-electron chi connectivity index (χ3n) is 4.12. The number of aromatic nitrogens is 2. The van der Waals surface area contributed by atoms with Crippen molar-refractivity contribution < 1.29 is 9.59 Å². The van der Waals surface area contributed by atoms with E-state index < -0.39 is 5.91 Å². The van der Waals surface area contributed by atoms with Gasteiger partial charge < -0.3 is 16.8 Å². The molecule has 1 aliphatic rings. The maximum Gasteiger partial charge on any atom is 0.239 e. The summed E-state index contributed by atoms with van der Waals surface area (Å²) < 4.78 is 1.40. The number of nitrogens with one attached hydrogen (secondary N) is 1. The number of halogens is 1. The summed E-state index contributed by atoms with van der Waals surface area (Å²) in [7, 11) is 0. The van der Waals surface area contributed by atoms with Crippen LogP contribution >= 0.6 is 12.4 Å². The van der Waals surface area contributed by atoms with E-state index in [1.165, 1.54) is 17.3 Å². The van der Waals surface area contributed by atoms with Crippen molar-refractivity contribution in [3.05, 3.63) is 12.4 Å². The number of hydrogen-bond donors (Lipinski definition) is 3. The predicted octanol–water partition coefficient (Wildman–Crippen LogP) is 1.03. The van der Waals surface area contributed by atoms with Gasteiger partial charge in [-0.15, -0.1) is 12.4 Å². The van der Waals surface area contributed by atoms with E-state index in [1.54, 1.807) is 6.20 Å². The Morgan fingerprint density at radius 1 is 1.32 bits per heavy atom. The van der Waals surface area contributed by atoms with Gasteiger partial charge >= 0.3 is 0 Å². The molecule has 1 aromatic rings. The van der Waals surface area contributed by atoms with Gasteiger partial charge in [-0.3, -0.25) is 14.3 Å². The monoisotopic (exact) mass is 329 g/mol. The van der Waals surface area contributed by atoms with Crippen LogP contribution in [0.1, 0.15) is 38.5 Å². The standard InChI is InChI=1S/C14H23N5O2.ClH/c15-10-14(4-2-1-3-5-14)6-13(21)18-11-7-17-19(8-11)9-12(16)20;/h7-8H,1-6,9-10,15H2,(H2,16,20)(H,18,21);1H. The Kier molecular flexibility index (Phi) is 6.83. The zero-order valence-electron chi connectivity index (χ0n) is 12.6. The molecule has 0 atom stereocenters. The van der Waals surface area contributed by atoms with Gasteiger partial charge in [0.25, 0.3) is 0 Å². The van der Waals surface area contributed by atoms with Crippen LogP contribution in [0, 0.1) is 5.41 Å². The Morgan fingerprint density at radius 2 is 2.00 bits per heavy atom. The first kappa shape index (κ1) is 18.4. The molecule has 1 heterocycles. The zero-order valence-corrected chi connectivity index (χ0v) is 13.4. The first-order valence-corrected chi connectivity index (χ1v) is 7.34. The van der Waals surface area contributed by atoms with E-state index >= 15 is 0 Å². The van der Waals surface area contributed by atoms with Crippen molar-refractivity contribution in [1.82, 2.24) is 9.78 Å². The van der Waals surface area contributed by atoms with Crippen LogP contribution in [0.5, 0.6) is 0 Å². The quantitative estimate of drug-likeness (QED) is 0.722. The Balaban J connectivity index is 0.00000242. The summed E-state index contributed by atoms with van der Waals surface area (Å²) in [6, 6.07) is 0. The van der Waals surface area contributed by atoms with Gasteiger partial charge in [0.05, 0.1) is 11.9 Å². The third-order valence-corrected chi connectivity index (χ3v) is 4.12. The summed E-state index contributed by atoms with van der Waals surface area (Å²) in [6.45, 7) is 0.546. The van der Waals surface area contributed by atoms with Crippen molar-refractivity contribution in [2.45, 2.75) is 45.1 Å². The van der Waals surface area contributed by atoms with Gasteiger partial charge in [0, 0.05) is 12.6 Å². The lowest BCUT2D eigenvalue weighted by atomic mass is 9.71. The number of nitrogens with two attached hydrogens (primary N) is 2. The average molecular weight is 330 g/mol. The van der Waals surface area contributed by atoms with E-state index in [4.69, 9.17) is 11.5 Å². The number of carbonyl (C=O) groups excluding carboxylic acids is 2. The Bertz CT molecular complexity index is 511. The topological polar surface area (TPSA) is 116 Å². The number of primary amides is 1. The van der Waals surface area contributed by atoms with Crippen molar-refractivity contribution in [2.24, 2.45) is 16.9 Å². The van der Waals surface area contributed by atoms with E-state index in [0.29, 0.717) is 18.7 Å². The summed E-state index contributed by atoms with van der Waals surface area (Å²) in [6.07, 6.45) is 9.07. The Hall–Kier alpha value is -1.60. The molecule has 124 valence electrons. The first-order valence-electron chi connectivity index (χ1n) is 7.34. The lowest BCUT2D eigenvalue weighted by molar-refractivity contribution is -0.119. The van der Waals surface area contributed by atoms with E-state index in [9.17, 15) is 9.59 Å². The molecule has 0 saturated heterocycles. The van der Waals surface area contributed by atoms with Crippen molar-refractivity contribution in [3.63, 3.8) is 0 Å². The van der Waals surface area contributed by atoms with Crippen LogP contribution in [0.2, 0.25) is 0 Å². The van der Waals surface area contributed by atoms with Gasteiger partial charge in [0.15, 0.2) is 0 Å². The van der Waals surface area contributed by atoms with Crippen LogP contribution in [0.4, 0.5) is 5.69 Å². The minimum absolute atomic E-state index is 0. The molecule has 0 bridgehead atoms. The number of carbonyl (C=O) groups is 2. The highest BCUT2D eigenvalue weighted by atomic mass is 35.5. The number of rotatable bonds is 6. The lowest BCUT2D eigenvalue weighted by Gasteiger charge is -2.35.